The number of benzene rings is 1. The standard InChI is InChI=1S/C23H22N6O2/c1-2-4-16(5-3-1)18-6-7-29(27-18)22-13-20(28-8-10-30-11-9-28)23-19(26-22)12-21(31-23)17-14-24-25-15-17/h1-7,12-15,18,27H,8-11H2,(H,24,25). The number of furan rings is 1. The Morgan fingerprint density at radius 2 is 1.94 bits per heavy atom. The predicted octanol–water partition coefficient (Wildman–Crippen LogP) is 3.63. The van der Waals surface area contributed by atoms with E-state index in [1.165, 1.54) is 5.56 Å². The molecule has 0 bridgehead atoms. The summed E-state index contributed by atoms with van der Waals surface area (Å²) in [6.45, 7) is 3.03. The van der Waals surface area contributed by atoms with Crippen LogP contribution in [0.5, 0.6) is 0 Å². The van der Waals surface area contributed by atoms with Crippen molar-refractivity contribution in [2.24, 2.45) is 0 Å². The number of fused-ring (bicyclic) bond motifs is 1. The number of pyridine rings is 1. The normalized spacial score (nSPS) is 18.9. The van der Waals surface area contributed by atoms with Crippen LogP contribution in [-0.4, -0.2) is 41.5 Å². The van der Waals surface area contributed by atoms with Crippen LogP contribution >= 0.6 is 0 Å². The molecule has 2 aliphatic rings. The monoisotopic (exact) mass is 414 g/mol. The minimum Gasteiger partial charge on any atom is -0.452 e. The number of H-pyrrole nitrogens is 1. The summed E-state index contributed by atoms with van der Waals surface area (Å²) in [5.41, 5.74) is 8.25. The second-order valence-corrected chi connectivity index (χ2v) is 7.64. The molecule has 0 amide bonds. The van der Waals surface area contributed by atoms with E-state index in [1.807, 2.05) is 29.5 Å². The average Bonchev–Trinajstić information content (AvgIpc) is 3.60. The number of hydrazine groups is 1. The number of morpholine rings is 1. The number of nitrogens with zero attached hydrogens (tertiary/aromatic N) is 4. The number of nitrogens with one attached hydrogen (secondary N) is 2. The maximum atomic E-state index is 6.24. The van der Waals surface area contributed by atoms with Gasteiger partial charge in [0.2, 0.25) is 0 Å². The van der Waals surface area contributed by atoms with E-state index in [0.29, 0.717) is 13.2 Å². The lowest BCUT2D eigenvalue weighted by Gasteiger charge is -2.29. The van der Waals surface area contributed by atoms with E-state index in [1.54, 1.807) is 6.20 Å². The van der Waals surface area contributed by atoms with Gasteiger partial charge in [0.1, 0.15) is 17.1 Å². The molecular weight excluding hydrogens is 392 g/mol. The van der Waals surface area contributed by atoms with Gasteiger partial charge in [0.25, 0.3) is 0 Å². The Bertz CT molecular complexity index is 1210. The lowest BCUT2D eigenvalue weighted by molar-refractivity contribution is 0.122. The zero-order chi connectivity index (χ0) is 20.6. The molecule has 2 aliphatic heterocycles. The number of aromatic amines is 1. The minimum atomic E-state index is 0.108. The van der Waals surface area contributed by atoms with Crippen molar-refractivity contribution in [2.45, 2.75) is 6.04 Å². The lowest BCUT2D eigenvalue weighted by Crippen LogP contribution is -2.37. The van der Waals surface area contributed by atoms with Crippen LogP contribution in [0, 0.1) is 0 Å². The van der Waals surface area contributed by atoms with Gasteiger partial charge in [0.15, 0.2) is 5.58 Å². The molecule has 1 aromatic carbocycles. The van der Waals surface area contributed by atoms with Gasteiger partial charge in [-0.05, 0) is 11.6 Å². The smallest absolute Gasteiger partial charge is 0.176 e. The van der Waals surface area contributed by atoms with Crippen molar-refractivity contribution in [1.82, 2.24) is 20.6 Å². The second-order valence-electron chi connectivity index (χ2n) is 7.64. The van der Waals surface area contributed by atoms with Gasteiger partial charge in [-0.3, -0.25) is 10.1 Å². The first kappa shape index (κ1) is 18.2. The van der Waals surface area contributed by atoms with Crippen molar-refractivity contribution in [3.05, 3.63) is 72.7 Å². The molecule has 0 aliphatic carbocycles. The number of hydrogen-bond donors (Lipinski definition) is 2. The van der Waals surface area contributed by atoms with E-state index in [2.05, 4.69) is 56.9 Å². The summed E-state index contributed by atoms with van der Waals surface area (Å²) >= 11 is 0. The average molecular weight is 414 g/mol. The van der Waals surface area contributed by atoms with E-state index in [0.717, 1.165) is 47.0 Å². The number of aromatic nitrogens is 3. The van der Waals surface area contributed by atoms with Crippen LogP contribution in [-0.2, 0) is 4.74 Å². The van der Waals surface area contributed by atoms with E-state index in [4.69, 9.17) is 14.1 Å². The molecule has 156 valence electrons. The van der Waals surface area contributed by atoms with Crippen LogP contribution < -0.4 is 15.3 Å². The third-order valence-corrected chi connectivity index (χ3v) is 5.69. The van der Waals surface area contributed by atoms with Crippen molar-refractivity contribution in [2.75, 3.05) is 36.2 Å². The minimum absolute atomic E-state index is 0.108. The quantitative estimate of drug-likeness (QED) is 0.528. The maximum absolute atomic E-state index is 6.24. The SMILES string of the molecule is C1=CN(c2cc(N3CCOCC3)c3oc(-c4cn[nH]c4)cc3n2)NC1c1ccccc1. The Morgan fingerprint density at radius 3 is 2.74 bits per heavy atom. The largest absolute Gasteiger partial charge is 0.452 e. The van der Waals surface area contributed by atoms with Gasteiger partial charge in [-0.2, -0.15) is 5.10 Å². The van der Waals surface area contributed by atoms with Gasteiger partial charge < -0.3 is 14.1 Å². The molecule has 1 saturated heterocycles. The molecule has 8 heteroatoms. The first-order chi connectivity index (χ1) is 15.3. The van der Waals surface area contributed by atoms with Gasteiger partial charge in [0, 0.05) is 37.6 Å². The summed E-state index contributed by atoms with van der Waals surface area (Å²) in [6.07, 6.45) is 7.75. The van der Waals surface area contributed by atoms with Crippen molar-refractivity contribution < 1.29 is 9.15 Å². The van der Waals surface area contributed by atoms with Gasteiger partial charge >= 0.3 is 0 Å². The third-order valence-electron chi connectivity index (χ3n) is 5.69. The highest BCUT2D eigenvalue weighted by molar-refractivity contribution is 5.92. The molecule has 3 aromatic heterocycles. The van der Waals surface area contributed by atoms with Crippen LogP contribution in [0.15, 0.2) is 71.6 Å². The molecule has 1 fully saturated rings. The lowest BCUT2D eigenvalue weighted by atomic mass is 10.1. The van der Waals surface area contributed by atoms with Crippen LogP contribution in [0.4, 0.5) is 11.5 Å². The molecule has 4 aromatic rings. The fourth-order valence-electron chi connectivity index (χ4n) is 4.08. The summed E-state index contributed by atoms with van der Waals surface area (Å²) in [7, 11) is 0. The molecule has 0 radical (unpaired) electrons. The zero-order valence-electron chi connectivity index (χ0n) is 16.9. The molecule has 6 rings (SSSR count). The highest BCUT2D eigenvalue weighted by Gasteiger charge is 2.24. The van der Waals surface area contributed by atoms with Crippen LogP contribution in [0.25, 0.3) is 22.4 Å². The van der Waals surface area contributed by atoms with Gasteiger partial charge in [0.05, 0.1) is 36.7 Å². The number of hydrogen-bond acceptors (Lipinski definition) is 7. The van der Waals surface area contributed by atoms with Crippen molar-refractivity contribution in [3.8, 4) is 11.3 Å². The zero-order valence-corrected chi connectivity index (χ0v) is 16.9. The second kappa shape index (κ2) is 7.57. The third kappa shape index (κ3) is 3.35. The maximum Gasteiger partial charge on any atom is 0.176 e. The van der Waals surface area contributed by atoms with Gasteiger partial charge in [-0.25, -0.2) is 10.4 Å². The highest BCUT2D eigenvalue weighted by atomic mass is 16.5. The van der Waals surface area contributed by atoms with Crippen molar-refractivity contribution in [1.29, 1.82) is 0 Å². The van der Waals surface area contributed by atoms with Crippen LogP contribution in [0.3, 0.4) is 0 Å². The molecule has 2 N–H and O–H groups in total. The van der Waals surface area contributed by atoms with E-state index in [-0.39, 0.29) is 6.04 Å². The summed E-state index contributed by atoms with van der Waals surface area (Å²) in [6, 6.07) is 14.5. The first-order valence-electron chi connectivity index (χ1n) is 10.4. The summed E-state index contributed by atoms with van der Waals surface area (Å²) in [5, 5.41) is 8.86. The molecular formula is C23H22N6O2. The van der Waals surface area contributed by atoms with Crippen LogP contribution in [0.1, 0.15) is 11.6 Å². The van der Waals surface area contributed by atoms with Crippen molar-refractivity contribution in [3.63, 3.8) is 0 Å². The van der Waals surface area contributed by atoms with E-state index >= 15 is 0 Å². The molecule has 31 heavy (non-hydrogen) atoms. The fraction of sp³-hybridized carbons (Fsp3) is 0.217. The molecule has 8 nitrogen and oxygen atoms in total. The topological polar surface area (TPSA) is 82.5 Å². The predicted molar refractivity (Wildman–Crippen MR) is 119 cm³/mol. The van der Waals surface area contributed by atoms with Crippen LogP contribution in [0.2, 0.25) is 0 Å². The van der Waals surface area contributed by atoms with Crippen molar-refractivity contribution >= 4 is 22.6 Å². The molecule has 1 unspecified atom stereocenters. The highest BCUT2D eigenvalue weighted by Crippen LogP contribution is 2.36. The van der Waals surface area contributed by atoms with Gasteiger partial charge in [-0.15, -0.1) is 0 Å². The molecule has 5 heterocycles. The van der Waals surface area contributed by atoms with Gasteiger partial charge in [-0.1, -0.05) is 30.3 Å². The fourth-order valence-corrected chi connectivity index (χ4v) is 4.08. The van der Waals surface area contributed by atoms with E-state index in [9.17, 15) is 0 Å². The Kier molecular flexibility index (Phi) is 4.44. The first-order valence-corrected chi connectivity index (χ1v) is 10.4. The Balaban J connectivity index is 1.39. The summed E-state index contributed by atoms with van der Waals surface area (Å²) in [5.74, 6) is 1.57. The Morgan fingerprint density at radius 1 is 1.06 bits per heavy atom. The number of rotatable bonds is 4. The Labute approximate surface area is 179 Å². The molecule has 0 saturated carbocycles. The number of ether oxygens (including phenoxy) is 1. The number of anilines is 2. The molecule has 1 atom stereocenters. The summed E-state index contributed by atoms with van der Waals surface area (Å²) in [4.78, 5) is 7.20. The van der Waals surface area contributed by atoms with E-state index < -0.39 is 0 Å². The summed E-state index contributed by atoms with van der Waals surface area (Å²) < 4.78 is 11.8. The Hall–Kier alpha value is -3.62. The molecule has 0 spiro atoms.